The maximum absolute atomic E-state index is 12.0. The highest BCUT2D eigenvalue weighted by molar-refractivity contribution is 6.32. The molecule has 3 rings (SSSR count). The lowest BCUT2D eigenvalue weighted by Crippen LogP contribution is -2.28. The van der Waals surface area contributed by atoms with Crippen molar-refractivity contribution in [2.75, 3.05) is 6.61 Å². The molecule has 4 nitrogen and oxygen atoms in total. The number of carbonyl (C=O) groups is 1. The van der Waals surface area contributed by atoms with Crippen molar-refractivity contribution in [2.24, 2.45) is 0 Å². The lowest BCUT2D eigenvalue weighted by molar-refractivity contribution is -0.123. The molecule has 2 aromatic carbocycles. The first kappa shape index (κ1) is 19.3. The van der Waals surface area contributed by atoms with E-state index in [4.69, 9.17) is 32.4 Å². The summed E-state index contributed by atoms with van der Waals surface area (Å²) in [5.41, 5.74) is 2.75. The summed E-state index contributed by atoms with van der Waals surface area (Å²) in [6, 6.07) is 14.7. The number of aryl methyl sites for hydroxylation is 2. The number of benzene rings is 2. The highest BCUT2D eigenvalue weighted by Gasteiger charge is 2.09. The van der Waals surface area contributed by atoms with E-state index in [0.717, 1.165) is 22.5 Å². The van der Waals surface area contributed by atoms with Crippen molar-refractivity contribution in [3.8, 4) is 17.1 Å². The van der Waals surface area contributed by atoms with Gasteiger partial charge in [-0.15, -0.1) is 0 Å². The molecule has 0 atom stereocenters. The molecule has 1 N–H and O–H groups in total. The second kappa shape index (κ2) is 8.51. The third kappa shape index (κ3) is 5.06. The fraction of sp³-hybridized carbons (Fsp3) is 0.190. The molecule has 0 saturated heterocycles. The quantitative estimate of drug-likeness (QED) is 0.585. The molecule has 3 aromatic rings. The summed E-state index contributed by atoms with van der Waals surface area (Å²) in [7, 11) is 0. The summed E-state index contributed by atoms with van der Waals surface area (Å²) < 4.78 is 11.3. The third-order valence-electron chi connectivity index (χ3n) is 4.03. The van der Waals surface area contributed by atoms with E-state index in [2.05, 4.69) is 5.32 Å². The first-order valence-electron chi connectivity index (χ1n) is 8.43. The maximum atomic E-state index is 12.0. The molecular formula is C21H19Cl2NO3. The van der Waals surface area contributed by atoms with Crippen LogP contribution in [0.3, 0.4) is 0 Å². The molecule has 0 spiro atoms. The van der Waals surface area contributed by atoms with Gasteiger partial charge in [0.15, 0.2) is 6.61 Å². The summed E-state index contributed by atoms with van der Waals surface area (Å²) in [4.78, 5) is 12.0. The number of hydrogen-bond donors (Lipinski definition) is 1. The second-order valence-corrected chi connectivity index (χ2v) is 7.02. The Balaban J connectivity index is 1.52. The zero-order valence-electron chi connectivity index (χ0n) is 15.0. The van der Waals surface area contributed by atoms with E-state index in [1.165, 1.54) is 0 Å². The monoisotopic (exact) mass is 403 g/mol. The van der Waals surface area contributed by atoms with Crippen molar-refractivity contribution in [1.29, 1.82) is 0 Å². The van der Waals surface area contributed by atoms with E-state index in [1.807, 2.05) is 50.2 Å². The van der Waals surface area contributed by atoms with Gasteiger partial charge >= 0.3 is 0 Å². The minimum absolute atomic E-state index is 0.0781. The fourth-order valence-corrected chi connectivity index (χ4v) is 2.85. The van der Waals surface area contributed by atoms with Crippen molar-refractivity contribution in [2.45, 2.75) is 20.4 Å². The van der Waals surface area contributed by atoms with Gasteiger partial charge in [-0.3, -0.25) is 4.79 Å². The van der Waals surface area contributed by atoms with Gasteiger partial charge in [-0.25, -0.2) is 0 Å². The number of rotatable bonds is 6. The van der Waals surface area contributed by atoms with Crippen LogP contribution >= 0.6 is 23.2 Å². The molecule has 1 aromatic heterocycles. The normalized spacial score (nSPS) is 10.7. The Morgan fingerprint density at radius 2 is 1.70 bits per heavy atom. The highest BCUT2D eigenvalue weighted by atomic mass is 35.5. The Hall–Kier alpha value is -2.43. The highest BCUT2D eigenvalue weighted by Crippen LogP contribution is 2.26. The van der Waals surface area contributed by atoms with Crippen LogP contribution in [0.5, 0.6) is 5.75 Å². The predicted molar refractivity (Wildman–Crippen MR) is 107 cm³/mol. The van der Waals surface area contributed by atoms with Gasteiger partial charge < -0.3 is 14.5 Å². The van der Waals surface area contributed by atoms with Gasteiger partial charge in [0, 0.05) is 15.6 Å². The lowest BCUT2D eigenvalue weighted by Gasteiger charge is -2.10. The molecule has 140 valence electrons. The van der Waals surface area contributed by atoms with Gasteiger partial charge in [0.2, 0.25) is 0 Å². The molecule has 6 heteroatoms. The first-order chi connectivity index (χ1) is 12.9. The van der Waals surface area contributed by atoms with E-state index in [1.54, 1.807) is 12.1 Å². The fourth-order valence-electron chi connectivity index (χ4n) is 2.62. The number of halogens is 2. The van der Waals surface area contributed by atoms with Crippen molar-refractivity contribution in [3.63, 3.8) is 0 Å². The molecule has 27 heavy (non-hydrogen) atoms. The number of amides is 1. The summed E-state index contributed by atoms with van der Waals surface area (Å²) in [5, 5.41) is 4.16. The van der Waals surface area contributed by atoms with Crippen LogP contribution in [0.2, 0.25) is 10.0 Å². The molecule has 0 fully saturated rings. The minimum Gasteiger partial charge on any atom is -0.484 e. The van der Waals surface area contributed by atoms with Crippen LogP contribution in [0.4, 0.5) is 0 Å². The van der Waals surface area contributed by atoms with Gasteiger partial charge in [-0.2, -0.15) is 0 Å². The van der Waals surface area contributed by atoms with Crippen molar-refractivity contribution < 1.29 is 13.9 Å². The van der Waals surface area contributed by atoms with E-state index < -0.39 is 0 Å². The van der Waals surface area contributed by atoms with Crippen molar-refractivity contribution in [3.05, 3.63) is 75.5 Å². The van der Waals surface area contributed by atoms with E-state index >= 15 is 0 Å². The zero-order valence-corrected chi connectivity index (χ0v) is 16.5. The van der Waals surface area contributed by atoms with Crippen LogP contribution in [-0.4, -0.2) is 12.5 Å². The largest absolute Gasteiger partial charge is 0.484 e. The molecule has 0 saturated carbocycles. The average molecular weight is 404 g/mol. The predicted octanol–water partition coefficient (Wildman–Crippen LogP) is 5.57. The number of hydrogen-bond acceptors (Lipinski definition) is 3. The summed E-state index contributed by atoms with van der Waals surface area (Å²) in [6.45, 7) is 4.01. The number of furan rings is 1. The van der Waals surface area contributed by atoms with Crippen molar-refractivity contribution >= 4 is 29.1 Å². The maximum Gasteiger partial charge on any atom is 0.258 e. The van der Waals surface area contributed by atoms with Gasteiger partial charge in [0.1, 0.15) is 17.3 Å². The molecule has 0 aliphatic carbocycles. The number of nitrogens with one attached hydrogen (secondary N) is 1. The van der Waals surface area contributed by atoms with Crippen molar-refractivity contribution in [1.82, 2.24) is 5.32 Å². The van der Waals surface area contributed by atoms with Crippen LogP contribution in [-0.2, 0) is 11.3 Å². The molecule has 0 aliphatic heterocycles. The smallest absolute Gasteiger partial charge is 0.258 e. The third-order valence-corrected chi connectivity index (χ3v) is 4.88. The van der Waals surface area contributed by atoms with E-state index in [9.17, 15) is 4.79 Å². The molecular weight excluding hydrogens is 385 g/mol. The number of ether oxygens (including phenoxy) is 1. The Labute approximate surface area is 168 Å². The van der Waals surface area contributed by atoms with Gasteiger partial charge in [-0.1, -0.05) is 23.2 Å². The molecule has 0 unspecified atom stereocenters. The first-order valence-corrected chi connectivity index (χ1v) is 9.19. The Morgan fingerprint density at radius 3 is 2.37 bits per heavy atom. The molecule has 0 bridgehead atoms. The molecule has 0 aliphatic rings. The summed E-state index contributed by atoms with van der Waals surface area (Å²) in [6.07, 6.45) is 0. The molecule has 1 amide bonds. The van der Waals surface area contributed by atoms with Crippen LogP contribution in [0.1, 0.15) is 16.9 Å². The van der Waals surface area contributed by atoms with Gasteiger partial charge in [0.05, 0.1) is 6.54 Å². The van der Waals surface area contributed by atoms with Gasteiger partial charge in [-0.05, 0) is 73.5 Å². The number of carbonyl (C=O) groups excluding carboxylic acids is 1. The molecule has 1 heterocycles. The Morgan fingerprint density at radius 1 is 1.04 bits per heavy atom. The summed E-state index contributed by atoms with van der Waals surface area (Å²) in [5.74, 6) is 1.77. The Kier molecular flexibility index (Phi) is 6.09. The van der Waals surface area contributed by atoms with E-state index in [-0.39, 0.29) is 19.1 Å². The second-order valence-electron chi connectivity index (χ2n) is 6.21. The Bertz CT molecular complexity index is 925. The van der Waals surface area contributed by atoms with Crippen LogP contribution < -0.4 is 10.1 Å². The van der Waals surface area contributed by atoms with Crippen LogP contribution in [0.15, 0.2) is 52.9 Å². The zero-order chi connectivity index (χ0) is 19.4. The topological polar surface area (TPSA) is 51.5 Å². The summed E-state index contributed by atoms with van der Waals surface area (Å²) >= 11 is 12.0. The van der Waals surface area contributed by atoms with E-state index in [0.29, 0.717) is 21.6 Å². The minimum atomic E-state index is -0.232. The molecule has 0 radical (unpaired) electrons. The van der Waals surface area contributed by atoms with Crippen LogP contribution in [0.25, 0.3) is 11.3 Å². The SMILES string of the molecule is Cc1cc(OCC(=O)NCc2ccc(-c3ccc(Cl)cc3)o2)cc(C)c1Cl. The van der Waals surface area contributed by atoms with Gasteiger partial charge in [0.25, 0.3) is 5.91 Å². The lowest BCUT2D eigenvalue weighted by atomic mass is 10.1. The average Bonchev–Trinajstić information content (AvgIpc) is 3.12. The standard InChI is InChI=1S/C21H19Cl2NO3/c1-13-9-18(10-14(2)21(13)23)26-12-20(25)24-11-17-7-8-19(27-17)15-3-5-16(22)6-4-15/h3-10H,11-12H2,1-2H3,(H,24,25). The van der Waals surface area contributed by atoms with Crippen LogP contribution in [0, 0.1) is 13.8 Å².